The first-order valence-electron chi connectivity index (χ1n) is 9.78. The molecule has 0 spiro atoms. The van der Waals surface area contributed by atoms with Crippen LogP contribution in [0.25, 0.3) is 0 Å². The van der Waals surface area contributed by atoms with Crippen LogP contribution < -0.4 is 10.7 Å². The summed E-state index contributed by atoms with van der Waals surface area (Å²) in [6, 6.07) is 8.62. The molecule has 1 N–H and O–H groups in total. The van der Waals surface area contributed by atoms with Crippen molar-refractivity contribution >= 4 is 23.2 Å². The van der Waals surface area contributed by atoms with Crippen LogP contribution in [0.2, 0.25) is 5.02 Å². The number of anilines is 1. The lowest BCUT2D eigenvalue weighted by molar-refractivity contribution is 0.102. The molecule has 0 aliphatic rings. The van der Waals surface area contributed by atoms with Gasteiger partial charge in [-0.25, -0.2) is 0 Å². The Labute approximate surface area is 166 Å². The maximum atomic E-state index is 12.9. The summed E-state index contributed by atoms with van der Waals surface area (Å²) in [6.07, 6.45) is 6.12. The monoisotopic (exact) mass is 388 g/mol. The number of nitrogens with zero attached hydrogens (tertiary/aromatic N) is 1. The second-order valence-electron chi connectivity index (χ2n) is 6.87. The number of carbonyl (C=O) groups excluding carboxylic acids is 1. The van der Waals surface area contributed by atoms with Crippen LogP contribution >= 0.6 is 11.6 Å². The summed E-state index contributed by atoms with van der Waals surface area (Å²) in [5.41, 5.74) is 2.25. The van der Waals surface area contributed by atoms with Crippen molar-refractivity contribution in [2.24, 2.45) is 0 Å². The van der Waals surface area contributed by atoms with Gasteiger partial charge in [-0.15, -0.1) is 0 Å². The molecule has 27 heavy (non-hydrogen) atoms. The maximum Gasteiger partial charge on any atom is 0.261 e. The number of hydrogen-bond donors (Lipinski definition) is 1. The predicted octanol–water partition coefficient (Wildman–Crippen LogP) is 5.60. The van der Waals surface area contributed by atoms with Crippen molar-refractivity contribution < 1.29 is 4.79 Å². The molecule has 0 atom stereocenters. The Morgan fingerprint density at radius 3 is 2.52 bits per heavy atom. The third kappa shape index (κ3) is 5.46. The SMILES string of the molecule is CCCCCCn1c(C)cc(=O)c(C(=O)Nc2ccccc2Cl)c1CCC. The number of carbonyl (C=O) groups is 1. The summed E-state index contributed by atoms with van der Waals surface area (Å²) in [6.45, 7) is 7.01. The normalized spacial score (nSPS) is 10.8. The number of nitrogens with one attached hydrogen (secondary N) is 1. The number of benzene rings is 1. The summed E-state index contributed by atoms with van der Waals surface area (Å²) in [7, 11) is 0. The number of para-hydroxylation sites is 1. The molecule has 0 radical (unpaired) electrons. The number of unbranched alkanes of at least 4 members (excludes halogenated alkanes) is 3. The molecule has 1 heterocycles. The van der Waals surface area contributed by atoms with E-state index in [-0.39, 0.29) is 16.9 Å². The van der Waals surface area contributed by atoms with E-state index in [4.69, 9.17) is 11.6 Å². The molecular weight excluding hydrogens is 360 g/mol. The number of amides is 1. The fourth-order valence-electron chi connectivity index (χ4n) is 3.32. The highest BCUT2D eigenvalue weighted by Crippen LogP contribution is 2.22. The van der Waals surface area contributed by atoms with E-state index >= 15 is 0 Å². The minimum Gasteiger partial charge on any atom is -0.348 e. The van der Waals surface area contributed by atoms with Gasteiger partial charge in [-0.3, -0.25) is 9.59 Å². The molecule has 0 saturated carbocycles. The van der Waals surface area contributed by atoms with E-state index in [1.165, 1.54) is 12.8 Å². The van der Waals surface area contributed by atoms with Gasteiger partial charge in [0.1, 0.15) is 5.56 Å². The van der Waals surface area contributed by atoms with Gasteiger partial charge in [0, 0.05) is 24.0 Å². The molecular formula is C22H29ClN2O2. The van der Waals surface area contributed by atoms with Crippen LogP contribution in [0.3, 0.4) is 0 Å². The standard InChI is InChI=1S/C22H29ClN2O2/c1-4-6-7-10-14-25-16(3)15-20(26)21(19(25)11-5-2)22(27)24-18-13-9-8-12-17(18)23/h8-9,12-13,15H,4-7,10-11,14H2,1-3H3,(H,24,27). The van der Waals surface area contributed by atoms with Crippen LogP contribution in [0.1, 0.15) is 67.7 Å². The Morgan fingerprint density at radius 1 is 1.11 bits per heavy atom. The summed E-state index contributed by atoms with van der Waals surface area (Å²) in [5, 5.41) is 3.26. The van der Waals surface area contributed by atoms with Gasteiger partial charge in [-0.05, 0) is 31.9 Å². The summed E-state index contributed by atoms with van der Waals surface area (Å²) < 4.78 is 2.14. The maximum absolute atomic E-state index is 12.9. The summed E-state index contributed by atoms with van der Waals surface area (Å²) in [5.74, 6) is -0.390. The second-order valence-corrected chi connectivity index (χ2v) is 7.28. The summed E-state index contributed by atoms with van der Waals surface area (Å²) in [4.78, 5) is 25.6. The summed E-state index contributed by atoms with van der Waals surface area (Å²) >= 11 is 6.15. The second kappa shape index (κ2) is 10.3. The zero-order chi connectivity index (χ0) is 19.8. The molecule has 2 aromatic rings. The molecule has 5 heteroatoms. The highest BCUT2D eigenvalue weighted by Gasteiger charge is 2.20. The highest BCUT2D eigenvalue weighted by atomic mass is 35.5. The zero-order valence-corrected chi connectivity index (χ0v) is 17.2. The van der Waals surface area contributed by atoms with Gasteiger partial charge in [0.2, 0.25) is 0 Å². The van der Waals surface area contributed by atoms with Crippen molar-refractivity contribution in [3.05, 3.63) is 62.5 Å². The quantitative estimate of drug-likeness (QED) is 0.569. The molecule has 0 aliphatic heterocycles. The molecule has 4 nitrogen and oxygen atoms in total. The van der Waals surface area contributed by atoms with E-state index < -0.39 is 0 Å². The van der Waals surface area contributed by atoms with Gasteiger partial charge in [0.15, 0.2) is 5.43 Å². The van der Waals surface area contributed by atoms with Crippen molar-refractivity contribution in [1.29, 1.82) is 0 Å². The average molecular weight is 389 g/mol. The number of pyridine rings is 1. The third-order valence-electron chi connectivity index (χ3n) is 4.70. The van der Waals surface area contributed by atoms with E-state index in [1.54, 1.807) is 30.3 Å². The fourth-order valence-corrected chi connectivity index (χ4v) is 3.51. The number of rotatable bonds is 9. The smallest absolute Gasteiger partial charge is 0.261 e. The topological polar surface area (TPSA) is 51.1 Å². The van der Waals surface area contributed by atoms with Crippen molar-refractivity contribution in [3.8, 4) is 0 Å². The third-order valence-corrected chi connectivity index (χ3v) is 5.03. The Kier molecular flexibility index (Phi) is 8.11. The lowest BCUT2D eigenvalue weighted by Gasteiger charge is -2.20. The Bertz CT molecular complexity index is 843. The van der Waals surface area contributed by atoms with Gasteiger partial charge < -0.3 is 9.88 Å². The lowest BCUT2D eigenvalue weighted by Crippen LogP contribution is -2.28. The Balaban J connectivity index is 2.40. The molecule has 1 aromatic heterocycles. The Morgan fingerprint density at radius 2 is 1.85 bits per heavy atom. The Hall–Kier alpha value is -2.07. The predicted molar refractivity (Wildman–Crippen MR) is 113 cm³/mol. The van der Waals surface area contributed by atoms with Crippen LogP contribution in [0.15, 0.2) is 35.1 Å². The van der Waals surface area contributed by atoms with Crippen LogP contribution in [0, 0.1) is 6.92 Å². The van der Waals surface area contributed by atoms with Gasteiger partial charge in [-0.1, -0.05) is 63.3 Å². The van der Waals surface area contributed by atoms with Crippen LogP contribution in [-0.2, 0) is 13.0 Å². The highest BCUT2D eigenvalue weighted by molar-refractivity contribution is 6.33. The molecule has 0 aliphatic carbocycles. The minimum absolute atomic E-state index is 0.231. The number of hydrogen-bond acceptors (Lipinski definition) is 2. The minimum atomic E-state index is -0.390. The molecule has 146 valence electrons. The average Bonchev–Trinajstić information content (AvgIpc) is 2.62. The first-order valence-corrected chi connectivity index (χ1v) is 10.2. The molecule has 0 fully saturated rings. The van der Waals surface area contributed by atoms with Crippen LogP contribution in [0.5, 0.6) is 0 Å². The van der Waals surface area contributed by atoms with E-state index in [9.17, 15) is 9.59 Å². The van der Waals surface area contributed by atoms with Gasteiger partial charge >= 0.3 is 0 Å². The van der Waals surface area contributed by atoms with Crippen molar-refractivity contribution in [2.75, 3.05) is 5.32 Å². The molecule has 0 unspecified atom stereocenters. The van der Waals surface area contributed by atoms with Crippen LogP contribution in [-0.4, -0.2) is 10.5 Å². The number of aryl methyl sites for hydroxylation is 1. The molecule has 2 rings (SSSR count). The van der Waals surface area contributed by atoms with Gasteiger partial charge in [0.25, 0.3) is 5.91 Å². The first-order chi connectivity index (χ1) is 13.0. The number of aromatic nitrogens is 1. The van der Waals surface area contributed by atoms with Crippen LogP contribution in [0.4, 0.5) is 5.69 Å². The van der Waals surface area contributed by atoms with E-state index in [0.717, 1.165) is 37.2 Å². The first kappa shape index (κ1) is 21.2. The zero-order valence-electron chi connectivity index (χ0n) is 16.5. The van der Waals surface area contributed by atoms with E-state index in [2.05, 4.69) is 23.7 Å². The van der Waals surface area contributed by atoms with Gasteiger partial charge in [0.05, 0.1) is 10.7 Å². The number of halogens is 1. The molecule has 0 bridgehead atoms. The van der Waals surface area contributed by atoms with Crippen molar-refractivity contribution in [2.45, 2.75) is 65.8 Å². The fraction of sp³-hybridized carbons (Fsp3) is 0.455. The van der Waals surface area contributed by atoms with Crippen molar-refractivity contribution in [3.63, 3.8) is 0 Å². The molecule has 1 aromatic carbocycles. The van der Waals surface area contributed by atoms with Crippen molar-refractivity contribution in [1.82, 2.24) is 4.57 Å². The lowest BCUT2D eigenvalue weighted by atomic mass is 10.1. The van der Waals surface area contributed by atoms with Gasteiger partial charge in [-0.2, -0.15) is 0 Å². The molecule has 1 amide bonds. The van der Waals surface area contributed by atoms with E-state index in [0.29, 0.717) is 17.1 Å². The molecule has 0 saturated heterocycles. The van der Waals surface area contributed by atoms with E-state index in [1.807, 2.05) is 6.92 Å². The largest absolute Gasteiger partial charge is 0.348 e.